The molecule has 0 aliphatic rings. The van der Waals surface area contributed by atoms with Crippen LogP contribution in [0, 0.1) is 0 Å². The van der Waals surface area contributed by atoms with Crippen LogP contribution < -0.4 is 19.6 Å². The fourth-order valence-corrected chi connectivity index (χ4v) is 3.37. The van der Waals surface area contributed by atoms with Crippen LogP contribution in [0.4, 0.5) is 0 Å². The first-order valence-electron chi connectivity index (χ1n) is 12.4. The average molecular weight is 521 g/mol. The van der Waals surface area contributed by atoms with Gasteiger partial charge in [-0.2, -0.15) is 5.10 Å². The molecule has 39 heavy (non-hydrogen) atoms. The summed E-state index contributed by atoms with van der Waals surface area (Å²) in [6, 6.07) is 33.2. The van der Waals surface area contributed by atoms with Gasteiger partial charge in [-0.3, -0.25) is 4.79 Å². The second-order valence-corrected chi connectivity index (χ2v) is 8.47. The number of hydrogen-bond acceptors (Lipinski definition) is 6. The Hall–Kier alpha value is -5.17. The summed E-state index contributed by atoms with van der Waals surface area (Å²) < 4.78 is 16.8. The Morgan fingerprint density at radius 2 is 1.38 bits per heavy atom. The summed E-state index contributed by atoms with van der Waals surface area (Å²) in [6.45, 7) is 2.11. The van der Waals surface area contributed by atoms with Gasteiger partial charge in [-0.05, 0) is 78.2 Å². The van der Waals surface area contributed by atoms with Gasteiger partial charge in [0.25, 0.3) is 5.91 Å². The summed E-state index contributed by atoms with van der Waals surface area (Å²) >= 11 is 0. The minimum atomic E-state index is -0.760. The summed E-state index contributed by atoms with van der Waals surface area (Å²) in [5.74, 6) is 0.773. The highest BCUT2D eigenvalue weighted by molar-refractivity contribution is 5.89. The zero-order valence-electron chi connectivity index (χ0n) is 21.4. The lowest BCUT2D eigenvalue weighted by Crippen LogP contribution is -2.33. The normalized spacial score (nSPS) is 11.7. The van der Waals surface area contributed by atoms with Crippen molar-refractivity contribution in [1.29, 1.82) is 0 Å². The van der Waals surface area contributed by atoms with Gasteiger partial charge in [0.05, 0.1) is 6.21 Å². The number of benzene rings is 4. The maximum atomic E-state index is 12.4. The number of esters is 1. The summed E-state index contributed by atoms with van der Waals surface area (Å²) in [5.41, 5.74) is 5.17. The highest BCUT2D eigenvalue weighted by Gasteiger charge is 2.14. The average Bonchev–Trinajstić information content (AvgIpc) is 2.97. The molecule has 4 rings (SSSR count). The maximum absolute atomic E-state index is 12.4. The Labute approximate surface area is 227 Å². The fourth-order valence-electron chi connectivity index (χ4n) is 3.37. The molecule has 1 atom stereocenters. The molecule has 0 spiro atoms. The van der Waals surface area contributed by atoms with E-state index in [1.165, 1.54) is 12.3 Å². The summed E-state index contributed by atoms with van der Waals surface area (Å²) in [6.07, 6.45) is 3.79. The topological polar surface area (TPSA) is 86.2 Å². The van der Waals surface area contributed by atoms with E-state index in [4.69, 9.17) is 14.2 Å². The van der Waals surface area contributed by atoms with Crippen LogP contribution in [0.5, 0.6) is 17.2 Å². The maximum Gasteiger partial charge on any atom is 0.336 e. The van der Waals surface area contributed by atoms with Crippen molar-refractivity contribution in [2.75, 3.05) is 0 Å². The third-order valence-electron chi connectivity index (χ3n) is 5.45. The molecule has 0 aliphatic carbocycles. The fraction of sp³-hybridized carbons (Fsp3) is 0.0938. The number of ether oxygens (including phenoxy) is 3. The van der Waals surface area contributed by atoms with Crippen LogP contribution in [0.2, 0.25) is 0 Å². The van der Waals surface area contributed by atoms with E-state index < -0.39 is 18.0 Å². The lowest BCUT2D eigenvalue weighted by Gasteiger charge is -2.13. The number of hydrazone groups is 1. The van der Waals surface area contributed by atoms with Crippen LogP contribution >= 0.6 is 0 Å². The minimum Gasteiger partial charge on any atom is -0.489 e. The minimum absolute atomic E-state index is 0.397. The zero-order chi connectivity index (χ0) is 27.3. The van der Waals surface area contributed by atoms with Gasteiger partial charge < -0.3 is 14.2 Å². The molecule has 0 heterocycles. The smallest absolute Gasteiger partial charge is 0.336 e. The molecule has 4 aromatic carbocycles. The van der Waals surface area contributed by atoms with Crippen LogP contribution in [0.15, 0.2) is 120 Å². The van der Waals surface area contributed by atoms with E-state index in [1.807, 2.05) is 60.7 Å². The van der Waals surface area contributed by atoms with Crippen molar-refractivity contribution in [3.05, 3.63) is 132 Å². The Balaban J connectivity index is 1.19. The number of carbonyl (C=O) groups is 2. The van der Waals surface area contributed by atoms with Crippen molar-refractivity contribution in [3.63, 3.8) is 0 Å². The van der Waals surface area contributed by atoms with Gasteiger partial charge in [0, 0.05) is 6.08 Å². The molecule has 0 saturated carbocycles. The molecule has 4 aromatic rings. The van der Waals surface area contributed by atoms with Gasteiger partial charge in [0.15, 0.2) is 6.10 Å². The van der Waals surface area contributed by atoms with Crippen LogP contribution in [0.1, 0.15) is 23.6 Å². The molecule has 7 nitrogen and oxygen atoms in total. The zero-order valence-corrected chi connectivity index (χ0v) is 21.4. The Kier molecular flexibility index (Phi) is 9.61. The van der Waals surface area contributed by atoms with Gasteiger partial charge in [-0.25, -0.2) is 10.2 Å². The first-order valence-corrected chi connectivity index (χ1v) is 12.4. The third kappa shape index (κ3) is 9.02. The van der Waals surface area contributed by atoms with Crippen LogP contribution in [0.3, 0.4) is 0 Å². The quantitative estimate of drug-likeness (QED) is 0.0888. The van der Waals surface area contributed by atoms with E-state index in [0.717, 1.165) is 16.7 Å². The third-order valence-corrected chi connectivity index (χ3v) is 5.45. The standard InChI is InChI=1S/C32H28N2O5/c1-24(38-29-19-17-28(18-20-29)37-23-27-10-6-3-7-11-27)32(36)34-33-22-26-12-15-30(16-13-26)39-31(35)21-14-25-8-4-2-5-9-25/h2-22,24H,23H2,1H3,(H,34,36)/b21-14+,33-22-/t24-/m0/s1. The van der Waals surface area contributed by atoms with E-state index in [0.29, 0.717) is 23.9 Å². The van der Waals surface area contributed by atoms with Crippen molar-refractivity contribution in [3.8, 4) is 17.2 Å². The van der Waals surface area contributed by atoms with E-state index >= 15 is 0 Å². The Morgan fingerprint density at radius 3 is 2.08 bits per heavy atom. The number of hydrogen-bond donors (Lipinski definition) is 1. The summed E-state index contributed by atoms with van der Waals surface area (Å²) in [7, 11) is 0. The summed E-state index contributed by atoms with van der Waals surface area (Å²) in [5, 5.41) is 3.98. The molecule has 0 unspecified atom stereocenters. The van der Waals surface area contributed by atoms with Gasteiger partial charge in [0.2, 0.25) is 0 Å². The largest absolute Gasteiger partial charge is 0.489 e. The SMILES string of the molecule is C[C@H](Oc1ccc(OCc2ccccc2)cc1)C(=O)N/N=C\c1ccc(OC(=O)/C=C/c2ccccc2)cc1. The molecule has 7 heteroatoms. The number of nitrogens with one attached hydrogen (secondary N) is 1. The van der Waals surface area contributed by atoms with Gasteiger partial charge in [0.1, 0.15) is 23.9 Å². The second kappa shape index (κ2) is 13.9. The van der Waals surface area contributed by atoms with E-state index in [-0.39, 0.29) is 0 Å². The molecular formula is C32H28N2O5. The van der Waals surface area contributed by atoms with E-state index in [9.17, 15) is 9.59 Å². The van der Waals surface area contributed by atoms with Crippen molar-refractivity contribution >= 4 is 24.2 Å². The molecule has 0 aliphatic heterocycles. The molecule has 0 fully saturated rings. The molecule has 0 radical (unpaired) electrons. The van der Waals surface area contributed by atoms with Crippen molar-refractivity contribution in [1.82, 2.24) is 5.43 Å². The van der Waals surface area contributed by atoms with Crippen LogP contribution in [-0.4, -0.2) is 24.2 Å². The first-order chi connectivity index (χ1) is 19.0. The number of amides is 1. The molecule has 1 N–H and O–H groups in total. The number of rotatable bonds is 11. The molecule has 0 saturated heterocycles. The number of nitrogens with zero attached hydrogens (tertiary/aromatic N) is 1. The van der Waals surface area contributed by atoms with Crippen LogP contribution in [0.25, 0.3) is 6.08 Å². The predicted octanol–water partition coefficient (Wildman–Crippen LogP) is 5.80. The van der Waals surface area contributed by atoms with Crippen molar-refractivity contribution in [2.45, 2.75) is 19.6 Å². The van der Waals surface area contributed by atoms with Crippen LogP contribution in [-0.2, 0) is 16.2 Å². The van der Waals surface area contributed by atoms with E-state index in [2.05, 4.69) is 10.5 Å². The molecule has 0 aromatic heterocycles. The molecule has 196 valence electrons. The summed E-state index contributed by atoms with van der Waals surface area (Å²) in [4.78, 5) is 24.4. The monoisotopic (exact) mass is 520 g/mol. The highest BCUT2D eigenvalue weighted by Crippen LogP contribution is 2.20. The Morgan fingerprint density at radius 1 is 0.769 bits per heavy atom. The highest BCUT2D eigenvalue weighted by atomic mass is 16.5. The van der Waals surface area contributed by atoms with Gasteiger partial charge >= 0.3 is 5.97 Å². The number of carbonyl (C=O) groups excluding carboxylic acids is 2. The second-order valence-electron chi connectivity index (χ2n) is 8.47. The van der Waals surface area contributed by atoms with E-state index in [1.54, 1.807) is 61.5 Å². The lowest BCUT2D eigenvalue weighted by molar-refractivity contribution is -0.129. The molecule has 1 amide bonds. The first kappa shape index (κ1) is 26.9. The van der Waals surface area contributed by atoms with Gasteiger partial charge in [-0.15, -0.1) is 0 Å². The molecular weight excluding hydrogens is 492 g/mol. The van der Waals surface area contributed by atoms with Crippen molar-refractivity contribution < 1.29 is 23.8 Å². The molecule has 0 bridgehead atoms. The lowest BCUT2D eigenvalue weighted by atomic mass is 10.2. The van der Waals surface area contributed by atoms with Crippen molar-refractivity contribution in [2.24, 2.45) is 5.10 Å². The van der Waals surface area contributed by atoms with Gasteiger partial charge in [-0.1, -0.05) is 60.7 Å². The predicted molar refractivity (Wildman–Crippen MR) is 151 cm³/mol. The Bertz CT molecular complexity index is 1400.